The number of aryl methyl sites for hydroxylation is 1. The average Bonchev–Trinajstić information content (AvgIpc) is 3.39. The lowest BCUT2D eigenvalue weighted by molar-refractivity contribution is -0.389. The Balaban J connectivity index is 1.91. The number of benzene rings is 2. The molecule has 0 unspecified atom stereocenters. The third-order valence-corrected chi connectivity index (χ3v) is 5.51. The summed E-state index contributed by atoms with van der Waals surface area (Å²) in [5.41, 5.74) is 5.33. The Morgan fingerprint density at radius 3 is 2.15 bits per heavy atom. The fourth-order valence-electron chi connectivity index (χ4n) is 3.88. The van der Waals surface area contributed by atoms with Gasteiger partial charge in [-0.2, -0.15) is 9.78 Å². The predicted molar refractivity (Wildman–Crippen MR) is 125 cm³/mol. The number of methoxy groups -OCH3 is 2. The van der Waals surface area contributed by atoms with E-state index in [0.29, 0.717) is 5.69 Å². The van der Waals surface area contributed by atoms with Crippen LogP contribution in [0.25, 0.3) is 22.5 Å². The first-order valence-electron chi connectivity index (χ1n) is 10.5. The largest absolute Gasteiger partial charge is 0.497 e. The molecular formula is C24H25N5O4. The van der Waals surface area contributed by atoms with Crippen LogP contribution in [0.4, 0.5) is 5.82 Å². The molecule has 0 aliphatic heterocycles. The second-order valence-corrected chi connectivity index (χ2v) is 7.53. The van der Waals surface area contributed by atoms with Gasteiger partial charge in [-0.25, -0.2) is 4.68 Å². The smallest absolute Gasteiger partial charge is 0.390 e. The summed E-state index contributed by atoms with van der Waals surface area (Å²) in [6.07, 6.45) is 0.733. The van der Waals surface area contributed by atoms with Gasteiger partial charge in [-0.3, -0.25) is 0 Å². The molecule has 0 aliphatic rings. The van der Waals surface area contributed by atoms with Crippen LogP contribution in [-0.2, 0) is 13.1 Å². The van der Waals surface area contributed by atoms with Crippen LogP contribution in [0.15, 0.2) is 54.6 Å². The molecule has 0 N–H and O–H groups in total. The van der Waals surface area contributed by atoms with Crippen LogP contribution in [-0.4, -0.2) is 38.7 Å². The van der Waals surface area contributed by atoms with Crippen LogP contribution in [0.5, 0.6) is 11.5 Å². The van der Waals surface area contributed by atoms with Crippen molar-refractivity contribution in [2.24, 2.45) is 0 Å². The van der Waals surface area contributed by atoms with E-state index < -0.39 is 4.92 Å². The van der Waals surface area contributed by atoms with E-state index >= 15 is 0 Å². The average molecular weight is 447 g/mol. The summed E-state index contributed by atoms with van der Waals surface area (Å²) < 4.78 is 14.3. The third kappa shape index (κ3) is 4.30. The number of nitro groups is 1. The topological polar surface area (TPSA) is 97.2 Å². The molecule has 2 aromatic carbocycles. The van der Waals surface area contributed by atoms with Crippen molar-refractivity contribution in [2.75, 3.05) is 14.2 Å². The molecule has 9 nitrogen and oxygen atoms in total. The van der Waals surface area contributed by atoms with E-state index in [1.807, 2.05) is 53.2 Å². The van der Waals surface area contributed by atoms with Crippen molar-refractivity contribution in [1.82, 2.24) is 19.6 Å². The van der Waals surface area contributed by atoms with Gasteiger partial charge in [0.2, 0.25) is 0 Å². The fourth-order valence-corrected chi connectivity index (χ4v) is 3.88. The van der Waals surface area contributed by atoms with Gasteiger partial charge in [0.25, 0.3) is 0 Å². The van der Waals surface area contributed by atoms with E-state index in [1.165, 1.54) is 6.07 Å². The Labute approximate surface area is 191 Å². The zero-order chi connectivity index (χ0) is 23.5. The summed E-state index contributed by atoms with van der Waals surface area (Å²) in [5.74, 6) is 1.29. The van der Waals surface area contributed by atoms with Gasteiger partial charge in [-0.1, -0.05) is 31.2 Å². The van der Waals surface area contributed by atoms with E-state index in [-0.39, 0.29) is 12.5 Å². The molecule has 0 fully saturated rings. The van der Waals surface area contributed by atoms with E-state index in [0.717, 1.165) is 46.0 Å². The first kappa shape index (κ1) is 22.1. The van der Waals surface area contributed by atoms with Gasteiger partial charge < -0.3 is 19.6 Å². The molecular weight excluding hydrogens is 422 g/mol. The van der Waals surface area contributed by atoms with Gasteiger partial charge >= 0.3 is 5.82 Å². The zero-order valence-corrected chi connectivity index (χ0v) is 19.0. The molecule has 0 saturated carbocycles. The highest BCUT2D eigenvalue weighted by Crippen LogP contribution is 2.35. The Morgan fingerprint density at radius 2 is 1.58 bits per heavy atom. The maximum Gasteiger partial charge on any atom is 0.390 e. The SMILES string of the molecule is CCc1c(-c2cccc(OC)c2)nn(Cn2nc([N+](=O)[O-])cc2C)c1-c1cccc(OC)c1. The Hall–Kier alpha value is -4.14. The van der Waals surface area contributed by atoms with Gasteiger partial charge in [-0.15, -0.1) is 0 Å². The van der Waals surface area contributed by atoms with Crippen LogP contribution in [0, 0.1) is 17.0 Å². The van der Waals surface area contributed by atoms with Crippen molar-refractivity contribution in [2.45, 2.75) is 26.9 Å². The number of hydrogen-bond acceptors (Lipinski definition) is 6. The lowest BCUT2D eigenvalue weighted by Crippen LogP contribution is -2.14. The summed E-state index contributed by atoms with van der Waals surface area (Å²) in [6.45, 7) is 4.10. The molecule has 2 aromatic heterocycles. The van der Waals surface area contributed by atoms with Gasteiger partial charge in [0.05, 0.1) is 42.5 Å². The Morgan fingerprint density at radius 1 is 0.939 bits per heavy atom. The highest BCUT2D eigenvalue weighted by Gasteiger charge is 2.23. The third-order valence-electron chi connectivity index (χ3n) is 5.51. The van der Waals surface area contributed by atoms with Crippen LogP contribution < -0.4 is 9.47 Å². The van der Waals surface area contributed by atoms with Crippen LogP contribution in [0.2, 0.25) is 0 Å². The van der Waals surface area contributed by atoms with Gasteiger partial charge in [0.1, 0.15) is 11.5 Å². The van der Waals surface area contributed by atoms with E-state index in [1.54, 1.807) is 25.8 Å². The molecule has 0 radical (unpaired) electrons. The second-order valence-electron chi connectivity index (χ2n) is 7.53. The summed E-state index contributed by atoms with van der Waals surface area (Å²) in [7, 11) is 3.26. The summed E-state index contributed by atoms with van der Waals surface area (Å²) in [5, 5.41) is 20.3. The second kappa shape index (κ2) is 9.15. The van der Waals surface area contributed by atoms with Crippen molar-refractivity contribution in [3.63, 3.8) is 0 Å². The van der Waals surface area contributed by atoms with Crippen LogP contribution in [0.1, 0.15) is 18.2 Å². The van der Waals surface area contributed by atoms with Gasteiger partial charge in [0, 0.05) is 16.7 Å². The standard InChI is InChI=1S/C24H25N5O4/c1-5-21-23(17-8-6-10-19(13-17)32-3)26-28(15-27-16(2)12-22(25-27)29(30)31)24(21)18-9-7-11-20(14-18)33-4/h6-14H,5,15H2,1-4H3. The number of aromatic nitrogens is 4. The molecule has 9 heteroatoms. The number of nitrogens with zero attached hydrogens (tertiary/aromatic N) is 5. The molecule has 0 saturated heterocycles. The minimum absolute atomic E-state index is 0.189. The minimum Gasteiger partial charge on any atom is -0.497 e. The molecule has 0 atom stereocenters. The number of rotatable bonds is 8. The fraction of sp³-hybridized carbons (Fsp3) is 0.250. The molecule has 0 amide bonds. The van der Waals surface area contributed by atoms with Crippen LogP contribution in [0.3, 0.4) is 0 Å². The maximum atomic E-state index is 11.2. The van der Waals surface area contributed by atoms with Crippen molar-refractivity contribution in [1.29, 1.82) is 0 Å². The van der Waals surface area contributed by atoms with E-state index in [2.05, 4.69) is 12.0 Å². The van der Waals surface area contributed by atoms with Crippen molar-refractivity contribution in [3.8, 4) is 34.0 Å². The molecule has 0 aliphatic carbocycles. The summed E-state index contributed by atoms with van der Waals surface area (Å²) >= 11 is 0. The first-order chi connectivity index (χ1) is 15.9. The highest BCUT2D eigenvalue weighted by atomic mass is 16.6. The zero-order valence-electron chi connectivity index (χ0n) is 19.0. The van der Waals surface area contributed by atoms with Crippen LogP contribution >= 0.6 is 0 Å². The van der Waals surface area contributed by atoms with E-state index in [9.17, 15) is 10.1 Å². The number of hydrogen-bond donors (Lipinski definition) is 0. The summed E-state index contributed by atoms with van der Waals surface area (Å²) in [4.78, 5) is 10.7. The Bertz CT molecular complexity index is 1310. The quantitative estimate of drug-likeness (QED) is 0.286. The summed E-state index contributed by atoms with van der Waals surface area (Å²) in [6, 6.07) is 17.0. The minimum atomic E-state index is -0.491. The van der Waals surface area contributed by atoms with Gasteiger partial charge in [-0.05, 0) is 42.5 Å². The predicted octanol–water partition coefficient (Wildman–Crippen LogP) is 4.72. The van der Waals surface area contributed by atoms with E-state index in [4.69, 9.17) is 14.6 Å². The van der Waals surface area contributed by atoms with Gasteiger partial charge in [0.15, 0.2) is 6.67 Å². The molecule has 170 valence electrons. The molecule has 0 bridgehead atoms. The molecule has 0 spiro atoms. The molecule has 2 heterocycles. The maximum absolute atomic E-state index is 11.2. The lowest BCUT2D eigenvalue weighted by atomic mass is 9.99. The first-order valence-corrected chi connectivity index (χ1v) is 10.5. The molecule has 33 heavy (non-hydrogen) atoms. The Kier molecular flexibility index (Phi) is 6.12. The van der Waals surface area contributed by atoms with Crippen molar-refractivity contribution < 1.29 is 14.4 Å². The monoisotopic (exact) mass is 447 g/mol. The molecule has 4 aromatic rings. The normalized spacial score (nSPS) is 10.9. The lowest BCUT2D eigenvalue weighted by Gasteiger charge is -2.10. The number of ether oxygens (including phenoxy) is 2. The molecule has 4 rings (SSSR count). The highest BCUT2D eigenvalue weighted by molar-refractivity contribution is 5.75. The van der Waals surface area contributed by atoms with Crippen molar-refractivity contribution >= 4 is 5.82 Å². The van der Waals surface area contributed by atoms with Crippen molar-refractivity contribution in [3.05, 3.63) is 76.0 Å².